The molecular formula is C14H26N2O4S. The topological polar surface area (TPSA) is 87.7 Å². The number of thioether (sulfide) groups is 1. The normalized spacial score (nSPS) is 23.3. The number of carboxylic acids is 1. The molecule has 1 unspecified atom stereocenters. The predicted octanol–water partition coefficient (Wildman–Crippen LogP) is 1.84. The van der Waals surface area contributed by atoms with Crippen LogP contribution < -0.4 is 10.6 Å². The van der Waals surface area contributed by atoms with Gasteiger partial charge in [-0.1, -0.05) is 0 Å². The van der Waals surface area contributed by atoms with Gasteiger partial charge in [-0.3, -0.25) is 0 Å². The third-order valence-corrected chi connectivity index (χ3v) is 4.93. The van der Waals surface area contributed by atoms with E-state index in [-0.39, 0.29) is 12.1 Å². The number of rotatable bonds is 8. The van der Waals surface area contributed by atoms with E-state index in [1.807, 2.05) is 11.8 Å². The van der Waals surface area contributed by atoms with Gasteiger partial charge in [-0.05, 0) is 44.8 Å². The molecule has 1 aliphatic rings. The van der Waals surface area contributed by atoms with Crippen LogP contribution in [0.15, 0.2) is 0 Å². The third-order valence-electron chi connectivity index (χ3n) is 3.79. The highest BCUT2D eigenvalue weighted by Gasteiger charge is 2.24. The Morgan fingerprint density at radius 1 is 1.33 bits per heavy atom. The number of carbonyl (C=O) groups excluding carboxylic acids is 1. The molecule has 1 aliphatic carbocycles. The standard InChI is InChI=1S/C14H26N2O4S/c1-20-9-3-4-12(13(17)18)16-14(19)15-10-5-7-11(21-2)8-6-10/h10-12H,3-9H2,1-2H3,(H,17,18)(H2,15,16,19). The fourth-order valence-electron chi connectivity index (χ4n) is 2.52. The van der Waals surface area contributed by atoms with Gasteiger partial charge in [-0.25, -0.2) is 9.59 Å². The summed E-state index contributed by atoms with van der Waals surface area (Å²) in [5, 5.41) is 15.2. The average molecular weight is 318 g/mol. The fraction of sp³-hybridized carbons (Fsp3) is 0.857. The Hall–Kier alpha value is -0.950. The number of hydrogen-bond donors (Lipinski definition) is 3. The van der Waals surface area contributed by atoms with Crippen molar-refractivity contribution in [3.8, 4) is 0 Å². The highest BCUT2D eigenvalue weighted by Crippen LogP contribution is 2.26. The quantitative estimate of drug-likeness (QED) is 0.594. The van der Waals surface area contributed by atoms with E-state index in [0.717, 1.165) is 25.7 Å². The van der Waals surface area contributed by atoms with Crippen LogP contribution >= 0.6 is 11.8 Å². The lowest BCUT2D eigenvalue weighted by Gasteiger charge is -2.28. The average Bonchev–Trinajstić information content (AvgIpc) is 2.47. The van der Waals surface area contributed by atoms with Crippen LogP contribution in [0, 0.1) is 0 Å². The SMILES string of the molecule is COCCCC(NC(=O)NC1CCC(SC)CC1)C(=O)O. The molecule has 0 aromatic carbocycles. The summed E-state index contributed by atoms with van der Waals surface area (Å²) in [6.45, 7) is 0.492. The van der Waals surface area contributed by atoms with Gasteiger partial charge >= 0.3 is 12.0 Å². The second-order valence-corrected chi connectivity index (χ2v) is 6.49. The molecule has 0 spiro atoms. The smallest absolute Gasteiger partial charge is 0.326 e. The summed E-state index contributed by atoms with van der Waals surface area (Å²) in [6, 6.07) is -1.09. The molecule has 21 heavy (non-hydrogen) atoms. The molecule has 6 nitrogen and oxygen atoms in total. The van der Waals surface area contributed by atoms with E-state index in [1.54, 1.807) is 7.11 Å². The lowest BCUT2D eigenvalue weighted by Crippen LogP contribution is -2.49. The summed E-state index contributed by atoms with van der Waals surface area (Å²) in [5.74, 6) is -1.01. The zero-order valence-electron chi connectivity index (χ0n) is 12.8. The fourth-order valence-corrected chi connectivity index (χ4v) is 3.26. The number of ether oxygens (including phenoxy) is 1. The van der Waals surface area contributed by atoms with Gasteiger partial charge in [0.2, 0.25) is 0 Å². The van der Waals surface area contributed by atoms with Crippen LogP contribution in [0.25, 0.3) is 0 Å². The highest BCUT2D eigenvalue weighted by atomic mass is 32.2. The molecular weight excluding hydrogens is 292 g/mol. The Balaban J connectivity index is 2.31. The number of urea groups is 1. The molecule has 3 N–H and O–H groups in total. The predicted molar refractivity (Wildman–Crippen MR) is 83.8 cm³/mol. The first kappa shape index (κ1) is 18.1. The number of methoxy groups -OCH3 is 1. The molecule has 1 atom stereocenters. The number of nitrogens with one attached hydrogen (secondary N) is 2. The number of carbonyl (C=O) groups is 2. The minimum atomic E-state index is -1.01. The van der Waals surface area contributed by atoms with Gasteiger partial charge in [0.05, 0.1) is 0 Å². The Morgan fingerprint density at radius 2 is 2.00 bits per heavy atom. The molecule has 0 radical (unpaired) electrons. The summed E-state index contributed by atoms with van der Waals surface area (Å²) in [4.78, 5) is 23.0. The molecule has 1 rings (SSSR count). The van der Waals surface area contributed by atoms with Crippen molar-refractivity contribution in [2.75, 3.05) is 20.0 Å². The summed E-state index contributed by atoms with van der Waals surface area (Å²) in [5.41, 5.74) is 0. The van der Waals surface area contributed by atoms with Crippen molar-refractivity contribution in [2.45, 2.75) is 55.9 Å². The van der Waals surface area contributed by atoms with E-state index in [9.17, 15) is 9.59 Å². The Kier molecular flexibility index (Phi) is 8.52. The van der Waals surface area contributed by atoms with Crippen molar-refractivity contribution in [3.05, 3.63) is 0 Å². The van der Waals surface area contributed by atoms with Gasteiger partial charge in [0.1, 0.15) is 6.04 Å². The van der Waals surface area contributed by atoms with Gasteiger partial charge in [0, 0.05) is 25.0 Å². The second-order valence-electron chi connectivity index (χ2n) is 5.35. The first-order valence-corrected chi connectivity index (χ1v) is 8.67. The first-order chi connectivity index (χ1) is 10.1. The summed E-state index contributed by atoms with van der Waals surface area (Å²) < 4.78 is 4.90. The van der Waals surface area contributed by atoms with Crippen LogP contribution in [-0.2, 0) is 9.53 Å². The third kappa shape index (κ3) is 7.04. The zero-order valence-corrected chi connectivity index (χ0v) is 13.6. The van der Waals surface area contributed by atoms with Crippen molar-refractivity contribution in [2.24, 2.45) is 0 Å². The molecule has 0 aromatic heterocycles. The van der Waals surface area contributed by atoms with Gasteiger partial charge in [-0.2, -0.15) is 11.8 Å². The van der Waals surface area contributed by atoms with Crippen LogP contribution in [0.4, 0.5) is 4.79 Å². The number of aliphatic carboxylic acids is 1. The molecule has 0 aliphatic heterocycles. The van der Waals surface area contributed by atoms with Gasteiger partial charge in [0.25, 0.3) is 0 Å². The number of carboxylic acid groups (broad SMARTS) is 1. The summed E-state index contributed by atoms with van der Waals surface area (Å²) >= 11 is 1.87. The highest BCUT2D eigenvalue weighted by molar-refractivity contribution is 7.99. The molecule has 0 aromatic rings. The minimum Gasteiger partial charge on any atom is -0.480 e. The van der Waals surface area contributed by atoms with E-state index in [0.29, 0.717) is 24.7 Å². The lowest BCUT2D eigenvalue weighted by molar-refractivity contribution is -0.139. The molecule has 0 bridgehead atoms. The van der Waals surface area contributed by atoms with E-state index in [2.05, 4.69) is 16.9 Å². The number of amides is 2. The molecule has 0 saturated heterocycles. The van der Waals surface area contributed by atoms with Crippen LogP contribution in [0.5, 0.6) is 0 Å². The molecule has 122 valence electrons. The van der Waals surface area contributed by atoms with Crippen LogP contribution in [-0.4, -0.2) is 54.4 Å². The van der Waals surface area contributed by atoms with E-state index in [1.165, 1.54) is 0 Å². The van der Waals surface area contributed by atoms with Gasteiger partial charge in [-0.15, -0.1) is 0 Å². The van der Waals surface area contributed by atoms with E-state index in [4.69, 9.17) is 9.84 Å². The lowest BCUT2D eigenvalue weighted by atomic mass is 9.95. The Morgan fingerprint density at radius 3 is 2.52 bits per heavy atom. The van der Waals surface area contributed by atoms with Crippen molar-refractivity contribution in [1.29, 1.82) is 0 Å². The summed E-state index contributed by atoms with van der Waals surface area (Å²) in [6.07, 6.45) is 7.20. The summed E-state index contributed by atoms with van der Waals surface area (Å²) in [7, 11) is 1.57. The van der Waals surface area contributed by atoms with Gasteiger partial charge in [0.15, 0.2) is 0 Å². The molecule has 7 heteroatoms. The van der Waals surface area contributed by atoms with Crippen LogP contribution in [0.2, 0.25) is 0 Å². The maximum Gasteiger partial charge on any atom is 0.326 e. The second kappa shape index (κ2) is 9.89. The van der Waals surface area contributed by atoms with Crippen molar-refractivity contribution in [3.63, 3.8) is 0 Å². The van der Waals surface area contributed by atoms with Crippen LogP contribution in [0.3, 0.4) is 0 Å². The first-order valence-electron chi connectivity index (χ1n) is 7.38. The maximum atomic E-state index is 11.9. The van der Waals surface area contributed by atoms with E-state index >= 15 is 0 Å². The Labute approximate surface area is 130 Å². The largest absolute Gasteiger partial charge is 0.480 e. The zero-order chi connectivity index (χ0) is 15.7. The molecule has 1 saturated carbocycles. The van der Waals surface area contributed by atoms with Gasteiger partial charge < -0.3 is 20.5 Å². The Bertz CT molecular complexity index is 333. The van der Waals surface area contributed by atoms with Crippen LogP contribution in [0.1, 0.15) is 38.5 Å². The van der Waals surface area contributed by atoms with Crippen molar-refractivity contribution >= 4 is 23.8 Å². The molecule has 2 amide bonds. The van der Waals surface area contributed by atoms with Crippen molar-refractivity contribution < 1.29 is 19.4 Å². The molecule has 0 heterocycles. The maximum absolute atomic E-state index is 11.9. The number of hydrogen-bond acceptors (Lipinski definition) is 4. The van der Waals surface area contributed by atoms with Crippen molar-refractivity contribution in [1.82, 2.24) is 10.6 Å². The minimum absolute atomic E-state index is 0.154. The monoisotopic (exact) mass is 318 g/mol. The molecule has 1 fully saturated rings. The van der Waals surface area contributed by atoms with E-state index < -0.39 is 12.0 Å².